The lowest BCUT2D eigenvalue weighted by Gasteiger charge is -2.11. The van der Waals surface area contributed by atoms with E-state index in [4.69, 9.17) is 21.1 Å². The van der Waals surface area contributed by atoms with Gasteiger partial charge < -0.3 is 14.6 Å². The zero-order valence-electron chi connectivity index (χ0n) is 17.0. The number of methoxy groups -OCH3 is 1. The largest absolute Gasteiger partial charge is 0.507 e. The fraction of sp³-hybridized carbons (Fsp3) is 0.0455. The summed E-state index contributed by atoms with van der Waals surface area (Å²) in [7, 11) is 1.34. The summed E-state index contributed by atoms with van der Waals surface area (Å²) in [6.45, 7) is 0. The van der Waals surface area contributed by atoms with Gasteiger partial charge in [0, 0.05) is 16.7 Å². The molecule has 2 N–H and O–H groups in total. The molecule has 0 atom stereocenters. The van der Waals surface area contributed by atoms with E-state index in [1.807, 2.05) is 0 Å². The number of ether oxygens (including phenoxy) is 2. The number of halogens is 1. The van der Waals surface area contributed by atoms with Gasteiger partial charge in [-0.05, 0) is 36.4 Å². The van der Waals surface area contributed by atoms with Gasteiger partial charge in [0.05, 0.1) is 23.8 Å². The van der Waals surface area contributed by atoms with Crippen LogP contribution in [-0.2, 0) is 0 Å². The average Bonchev–Trinajstić information content (AvgIpc) is 2.79. The number of amides is 1. The summed E-state index contributed by atoms with van der Waals surface area (Å²) >= 11 is 5.94. The Bertz CT molecular complexity index is 1260. The number of aromatic hydroxyl groups is 1. The summed E-state index contributed by atoms with van der Waals surface area (Å²) in [5.74, 6) is -2.14. The number of hydrogen-bond donors (Lipinski definition) is 2. The van der Waals surface area contributed by atoms with Gasteiger partial charge in [-0.15, -0.1) is 0 Å². The molecule has 0 saturated carbocycles. The molecule has 33 heavy (non-hydrogen) atoms. The molecular formula is C22H16ClN3O7. The highest BCUT2D eigenvalue weighted by Gasteiger charge is 2.24. The number of phenols is 1. The molecule has 10 nitrogen and oxygen atoms in total. The van der Waals surface area contributed by atoms with Crippen molar-refractivity contribution in [2.75, 3.05) is 7.11 Å². The molecular weight excluding hydrogens is 454 g/mol. The zero-order chi connectivity index (χ0) is 24.0. The third-order valence-electron chi connectivity index (χ3n) is 4.32. The van der Waals surface area contributed by atoms with E-state index in [9.17, 15) is 24.8 Å². The molecule has 0 aliphatic rings. The first-order valence-electron chi connectivity index (χ1n) is 9.26. The van der Waals surface area contributed by atoms with Gasteiger partial charge in [-0.2, -0.15) is 5.10 Å². The van der Waals surface area contributed by atoms with Crippen molar-refractivity contribution in [2.24, 2.45) is 5.10 Å². The molecule has 0 heterocycles. The summed E-state index contributed by atoms with van der Waals surface area (Å²) in [5.41, 5.74) is 1.67. The number of phenolic OH excluding ortho intramolecular Hbond substituents is 1. The van der Waals surface area contributed by atoms with Crippen LogP contribution in [-0.4, -0.2) is 35.2 Å². The van der Waals surface area contributed by atoms with Crippen molar-refractivity contribution >= 4 is 35.4 Å². The minimum absolute atomic E-state index is 0.0200. The lowest BCUT2D eigenvalue weighted by Crippen LogP contribution is -2.18. The second kappa shape index (κ2) is 10.2. The summed E-state index contributed by atoms with van der Waals surface area (Å²) in [6.07, 6.45) is 1.07. The number of carbonyl (C=O) groups excluding carboxylic acids is 2. The molecule has 0 saturated heterocycles. The third kappa shape index (κ3) is 5.43. The first kappa shape index (κ1) is 23.2. The molecule has 3 aromatic carbocycles. The van der Waals surface area contributed by atoms with Crippen molar-refractivity contribution in [1.82, 2.24) is 5.43 Å². The number of carbonyl (C=O) groups is 2. The van der Waals surface area contributed by atoms with Crippen molar-refractivity contribution < 1.29 is 29.1 Å². The number of benzene rings is 3. The molecule has 0 aliphatic carbocycles. The Labute approximate surface area is 192 Å². The van der Waals surface area contributed by atoms with Gasteiger partial charge in [-0.25, -0.2) is 10.2 Å². The van der Waals surface area contributed by atoms with E-state index in [1.54, 1.807) is 12.1 Å². The van der Waals surface area contributed by atoms with E-state index in [0.29, 0.717) is 0 Å². The second-order valence-corrected chi connectivity index (χ2v) is 6.84. The van der Waals surface area contributed by atoms with Gasteiger partial charge >= 0.3 is 11.7 Å². The normalized spacial score (nSPS) is 10.6. The van der Waals surface area contributed by atoms with Crippen molar-refractivity contribution in [3.8, 4) is 17.2 Å². The lowest BCUT2D eigenvalue weighted by molar-refractivity contribution is -0.385. The number of esters is 1. The van der Waals surface area contributed by atoms with Crippen LogP contribution >= 0.6 is 11.6 Å². The average molecular weight is 470 g/mol. The Morgan fingerprint density at radius 2 is 1.88 bits per heavy atom. The predicted octanol–water partition coefficient (Wildman–Crippen LogP) is 3.95. The summed E-state index contributed by atoms with van der Waals surface area (Å²) in [4.78, 5) is 35.7. The van der Waals surface area contributed by atoms with Crippen LogP contribution in [0.3, 0.4) is 0 Å². The molecule has 168 valence electrons. The maximum absolute atomic E-state index is 12.8. The Morgan fingerprint density at radius 1 is 1.12 bits per heavy atom. The molecule has 0 spiro atoms. The van der Waals surface area contributed by atoms with E-state index in [-0.39, 0.29) is 33.2 Å². The first-order chi connectivity index (χ1) is 15.8. The van der Waals surface area contributed by atoms with E-state index < -0.39 is 28.2 Å². The lowest BCUT2D eigenvalue weighted by atomic mass is 10.1. The third-order valence-corrected chi connectivity index (χ3v) is 4.55. The molecule has 0 unspecified atom stereocenters. The van der Waals surface area contributed by atoms with E-state index in [0.717, 1.165) is 12.3 Å². The van der Waals surface area contributed by atoms with Crippen LogP contribution in [0.2, 0.25) is 5.02 Å². The predicted molar refractivity (Wildman–Crippen MR) is 119 cm³/mol. The molecule has 0 radical (unpaired) electrons. The van der Waals surface area contributed by atoms with Crippen molar-refractivity contribution in [3.63, 3.8) is 0 Å². The highest BCUT2D eigenvalue weighted by atomic mass is 35.5. The van der Waals surface area contributed by atoms with Gasteiger partial charge in [0.2, 0.25) is 5.75 Å². The van der Waals surface area contributed by atoms with Crippen LogP contribution in [0.25, 0.3) is 0 Å². The fourth-order valence-electron chi connectivity index (χ4n) is 2.77. The number of hydrogen-bond acceptors (Lipinski definition) is 8. The molecule has 0 aliphatic heterocycles. The van der Waals surface area contributed by atoms with E-state index in [1.165, 1.54) is 49.6 Å². The SMILES string of the molecule is COc1ccc(Cl)cc1C(=O)Oc1c(/C=N/NC(=O)c2ccccc2O)cccc1[N+](=O)[O-]. The van der Waals surface area contributed by atoms with Crippen molar-refractivity contribution in [1.29, 1.82) is 0 Å². The molecule has 1 amide bonds. The monoisotopic (exact) mass is 469 g/mol. The van der Waals surface area contributed by atoms with Crippen LogP contribution in [0.4, 0.5) is 5.69 Å². The maximum Gasteiger partial charge on any atom is 0.347 e. The van der Waals surface area contributed by atoms with Gasteiger partial charge in [0.15, 0.2) is 0 Å². The number of nitro groups is 1. The number of nitrogens with one attached hydrogen (secondary N) is 1. The molecule has 11 heteroatoms. The van der Waals surface area contributed by atoms with Gasteiger partial charge in [-0.3, -0.25) is 14.9 Å². The molecule has 0 aromatic heterocycles. The number of hydrazone groups is 1. The van der Waals surface area contributed by atoms with Crippen LogP contribution in [0, 0.1) is 10.1 Å². The van der Waals surface area contributed by atoms with Crippen molar-refractivity contribution in [3.05, 3.63) is 92.5 Å². The summed E-state index contributed by atoms with van der Waals surface area (Å²) in [5, 5.41) is 25.2. The number of nitro benzene ring substituents is 1. The molecule has 3 rings (SSSR count). The molecule has 0 fully saturated rings. The Morgan fingerprint density at radius 3 is 2.58 bits per heavy atom. The van der Waals surface area contributed by atoms with Gasteiger partial charge in [-0.1, -0.05) is 29.8 Å². The molecule has 0 bridgehead atoms. The quantitative estimate of drug-likeness (QED) is 0.175. The highest BCUT2D eigenvalue weighted by Crippen LogP contribution is 2.32. The zero-order valence-corrected chi connectivity index (χ0v) is 17.8. The van der Waals surface area contributed by atoms with Crippen LogP contribution in [0.5, 0.6) is 17.2 Å². The van der Waals surface area contributed by atoms with E-state index in [2.05, 4.69) is 10.5 Å². The van der Waals surface area contributed by atoms with E-state index >= 15 is 0 Å². The van der Waals surface area contributed by atoms with Crippen LogP contribution in [0.1, 0.15) is 26.3 Å². The van der Waals surface area contributed by atoms with Crippen molar-refractivity contribution in [2.45, 2.75) is 0 Å². The first-order valence-corrected chi connectivity index (χ1v) is 9.64. The smallest absolute Gasteiger partial charge is 0.347 e. The number of rotatable bonds is 7. The highest BCUT2D eigenvalue weighted by molar-refractivity contribution is 6.31. The second-order valence-electron chi connectivity index (χ2n) is 6.40. The minimum Gasteiger partial charge on any atom is -0.507 e. The Balaban J connectivity index is 1.91. The summed E-state index contributed by atoms with van der Waals surface area (Å²) < 4.78 is 10.4. The number of para-hydroxylation sites is 2. The van der Waals surface area contributed by atoms with Gasteiger partial charge in [0.1, 0.15) is 17.1 Å². The fourth-order valence-corrected chi connectivity index (χ4v) is 2.94. The standard InChI is InChI=1S/C22H16ClN3O7/c1-32-19-10-9-14(23)11-16(19)22(29)33-20-13(5-4-7-17(20)26(30)31)12-24-25-21(28)15-6-2-3-8-18(15)27/h2-12,27H,1H3,(H,25,28)/b24-12+. The Kier molecular flexibility index (Phi) is 7.21. The summed E-state index contributed by atoms with van der Waals surface area (Å²) in [6, 6.07) is 14.0. The Hall–Kier alpha value is -4.44. The van der Waals surface area contributed by atoms with Crippen LogP contribution < -0.4 is 14.9 Å². The maximum atomic E-state index is 12.8. The topological polar surface area (TPSA) is 140 Å². The van der Waals surface area contributed by atoms with Crippen LogP contribution in [0.15, 0.2) is 65.8 Å². The minimum atomic E-state index is -0.948. The molecule has 3 aromatic rings. The van der Waals surface area contributed by atoms with Gasteiger partial charge in [0.25, 0.3) is 5.91 Å². The number of nitrogens with zero attached hydrogens (tertiary/aromatic N) is 2.